The molecule has 2 heterocycles. The molecule has 114 valence electrons. The fourth-order valence-electron chi connectivity index (χ4n) is 3.58. The van der Waals surface area contributed by atoms with Crippen LogP contribution in [0.3, 0.4) is 0 Å². The zero-order valence-corrected chi connectivity index (χ0v) is 12.6. The first kappa shape index (κ1) is 14.1. The molecule has 3 fully saturated rings. The van der Waals surface area contributed by atoms with Crippen molar-refractivity contribution in [3.05, 3.63) is 0 Å². The number of amides is 1. The number of morpholine rings is 1. The van der Waals surface area contributed by atoms with Gasteiger partial charge in [-0.15, -0.1) is 0 Å². The third-order valence-electron chi connectivity index (χ3n) is 4.53. The van der Waals surface area contributed by atoms with Gasteiger partial charge in [0.15, 0.2) is 0 Å². The highest BCUT2D eigenvalue weighted by Crippen LogP contribution is 2.48. The summed E-state index contributed by atoms with van der Waals surface area (Å²) in [4.78, 5) is 14.2. The molecule has 1 saturated carbocycles. The van der Waals surface area contributed by atoms with Crippen LogP contribution in [0.1, 0.15) is 46.5 Å². The van der Waals surface area contributed by atoms with E-state index in [0.717, 1.165) is 12.8 Å². The molecule has 0 aromatic rings. The second kappa shape index (κ2) is 4.60. The van der Waals surface area contributed by atoms with E-state index in [1.54, 1.807) is 0 Å². The number of carbonyl (C=O) groups is 1. The van der Waals surface area contributed by atoms with E-state index in [2.05, 4.69) is 0 Å². The Bertz CT molecular complexity index is 385. The largest absolute Gasteiger partial charge is 0.444 e. The van der Waals surface area contributed by atoms with Gasteiger partial charge in [0.05, 0.1) is 30.9 Å². The SMILES string of the molecule is CC(C)(C)OC(=O)N1C2COCC1CC(O)(C1CC1)C2. The molecule has 2 saturated heterocycles. The van der Waals surface area contributed by atoms with Gasteiger partial charge in [0.1, 0.15) is 5.60 Å². The van der Waals surface area contributed by atoms with Gasteiger partial charge in [-0.05, 0) is 52.4 Å². The van der Waals surface area contributed by atoms with Crippen molar-refractivity contribution in [3.8, 4) is 0 Å². The van der Waals surface area contributed by atoms with Crippen molar-refractivity contribution in [1.82, 2.24) is 4.90 Å². The lowest BCUT2D eigenvalue weighted by atomic mass is 9.78. The zero-order chi connectivity index (χ0) is 14.5. The molecular formula is C15H25NO4. The van der Waals surface area contributed by atoms with Gasteiger partial charge >= 0.3 is 6.09 Å². The molecular weight excluding hydrogens is 258 g/mol. The minimum Gasteiger partial charge on any atom is -0.444 e. The fraction of sp³-hybridized carbons (Fsp3) is 0.933. The van der Waals surface area contributed by atoms with Crippen LogP contribution in [0.25, 0.3) is 0 Å². The first-order valence-electron chi connectivity index (χ1n) is 7.60. The number of nitrogens with zero attached hydrogens (tertiary/aromatic N) is 1. The van der Waals surface area contributed by atoms with Gasteiger partial charge in [0.25, 0.3) is 0 Å². The van der Waals surface area contributed by atoms with Crippen LogP contribution in [-0.4, -0.2) is 52.6 Å². The predicted octanol–water partition coefficient (Wildman–Crippen LogP) is 1.93. The standard InChI is InChI=1S/C15H25NO4/c1-14(2,3)20-13(17)16-11-6-15(18,10-4-5-10)7-12(16)9-19-8-11/h10-12,18H,4-9H2,1-3H3. The third-order valence-corrected chi connectivity index (χ3v) is 4.53. The summed E-state index contributed by atoms with van der Waals surface area (Å²) in [5.74, 6) is 0.423. The van der Waals surface area contributed by atoms with Crippen LogP contribution in [0.15, 0.2) is 0 Å². The maximum Gasteiger partial charge on any atom is 0.410 e. The smallest absolute Gasteiger partial charge is 0.410 e. The predicted molar refractivity (Wildman–Crippen MR) is 73.4 cm³/mol. The van der Waals surface area contributed by atoms with Crippen molar-refractivity contribution in [1.29, 1.82) is 0 Å². The lowest BCUT2D eigenvalue weighted by Gasteiger charge is -2.51. The highest BCUT2D eigenvalue weighted by molar-refractivity contribution is 5.69. The molecule has 0 radical (unpaired) electrons. The van der Waals surface area contributed by atoms with E-state index in [1.807, 2.05) is 25.7 Å². The molecule has 1 aliphatic carbocycles. The molecule has 1 N–H and O–H groups in total. The quantitative estimate of drug-likeness (QED) is 0.799. The lowest BCUT2D eigenvalue weighted by Crippen LogP contribution is -2.64. The van der Waals surface area contributed by atoms with Crippen molar-refractivity contribution in [2.75, 3.05) is 13.2 Å². The van der Waals surface area contributed by atoms with E-state index in [0.29, 0.717) is 32.0 Å². The number of piperidine rings is 1. The zero-order valence-electron chi connectivity index (χ0n) is 12.6. The number of rotatable bonds is 1. The molecule has 5 nitrogen and oxygen atoms in total. The van der Waals surface area contributed by atoms with Crippen LogP contribution in [0.4, 0.5) is 4.79 Å². The van der Waals surface area contributed by atoms with E-state index in [-0.39, 0.29) is 18.2 Å². The van der Waals surface area contributed by atoms with Gasteiger partial charge in [0, 0.05) is 0 Å². The van der Waals surface area contributed by atoms with Crippen LogP contribution in [0.5, 0.6) is 0 Å². The maximum atomic E-state index is 12.4. The van der Waals surface area contributed by atoms with E-state index in [4.69, 9.17) is 9.47 Å². The fourth-order valence-corrected chi connectivity index (χ4v) is 3.58. The molecule has 3 rings (SSSR count). The average Bonchev–Trinajstić information content (AvgIpc) is 3.08. The Hall–Kier alpha value is -0.810. The van der Waals surface area contributed by atoms with Crippen LogP contribution in [0.2, 0.25) is 0 Å². The normalized spacial score (nSPS) is 37.7. The highest BCUT2D eigenvalue weighted by Gasteiger charge is 2.54. The Labute approximate surface area is 120 Å². The van der Waals surface area contributed by atoms with Crippen LogP contribution in [-0.2, 0) is 9.47 Å². The molecule has 0 aromatic carbocycles. The summed E-state index contributed by atoms with van der Waals surface area (Å²) in [5, 5.41) is 10.8. The van der Waals surface area contributed by atoms with Crippen molar-refractivity contribution >= 4 is 6.09 Å². The summed E-state index contributed by atoms with van der Waals surface area (Å²) in [7, 11) is 0. The van der Waals surface area contributed by atoms with E-state index >= 15 is 0 Å². The number of ether oxygens (including phenoxy) is 2. The summed E-state index contributed by atoms with van der Waals surface area (Å²) >= 11 is 0. The Morgan fingerprint density at radius 3 is 2.25 bits per heavy atom. The van der Waals surface area contributed by atoms with Crippen molar-refractivity contribution in [2.24, 2.45) is 5.92 Å². The maximum absolute atomic E-state index is 12.4. The number of carbonyl (C=O) groups excluding carboxylic acids is 1. The Kier molecular flexibility index (Phi) is 3.25. The lowest BCUT2D eigenvalue weighted by molar-refractivity contribution is -0.144. The topological polar surface area (TPSA) is 59.0 Å². The summed E-state index contributed by atoms with van der Waals surface area (Å²) in [6, 6.07) is -0.106. The molecule has 0 aromatic heterocycles. The number of hydrogen-bond donors (Lipinski definition) is 1. The molecule has 2 aliphatic heterocycles. The number of hydrogen-bond acceptors (Lipinski definition) is 4. The molecule has 2 atom stereocenters. The van der Waals surface area contributed by atoms with Gasteiger partial charge < -0.3 is 14.6 Å². The molecule has 3 aliphatic rings. The van der Waals surface area contributed by atoms with Crippen molar-refractivity contribution in [3.63, 3.8) is 0 Å². The molecule has 0 spiro atoms. The van der Waals surface area contributed by atoms with Gasteiger partial charge in [-0.3, -0.25) is 4.90 Å². The molecule has 20 heavy (non-hydrogen) atoms. The van der Waals surface area contributed by atoms with Gasteiger partial charge in [-0.25, -0.2) is 4.79 Å². The van der Waals surface area contributed by atoms with Crippen LogP contribution in [0, 0.1) is 5.92 Å². The van der Waals surface area contributed by atoms with Gasteiger partial charge in [-0.1, -0.05) is 0 Å². The Morgan fingerprint density at radius 1 is 1.25 bits per heavy atom. The third kappa shape index (κ3) is 2.66. The minimum absolute atomic E-state index is 0.0528. The van der Waals surface area contributed by atoms with E-state index in [1.165, 1.54) is 0 Å². The van der Waals surface area contributed by atoms with Crippen molar-refractivity contribution < 1.29 is 19.4 Å². The summed E-state index contributed by atoms with van der Waals surface area (Å²) < 4.78 is 11.1. The van der Waals surface area contributed by atoms with Crippen LogP contribution < -0.4 is 0 Å². The molecule has 5 heteroatoms. The van der Waals surface area contributed by atoms with Crippen molar-refractivity contribution in [2.45, 2.75) is 69.7 Å². The highest BCUT2D eigenvalue weighted by atomic mass is 16.6. The van der Waals surface area contributed by atoms with E-state index < -0.39 is 11.2 Å². The number of fused-ring (bicyclic) bond motifs is 2. The van der Waals surface area contributed by atoms with Gasteiger partial charge in [-0.2, -0.15) is 0 Å². The number of aliphatic hydroxyl groups is 1. The van der Waals surface area contributed by atoms with E-state index in [9.17, 15) is 9.90 Å². The summed E-state index contributed by atoms with van der Waals surface area (Å²) in [5.41, 5.74) is -1.09. The van der Waals surface area contributed by atoms with Gasteiger partial charge in [0.2, 0.25) is 0 Å². The molecule has 1 amide bonds. The second-order valence-electron chi connectivity index (χ2n) is 7.52. The second-order valence-corrected chi connectivity index (χ2v) is 7.52. The Balaban J connectivity index is 1.75. The first-order chi connectivity index (χ1) is 9.28. The minimum atomic E-state index is -0.600. The Morgan fingerprint density at radius 2 is 1.80 bits per heavy atom. The average molecular weight is 283 g/mol. The monoisotopic (exact) mass is 283 g/mol. The van der Waals surface area contributed by atoms with Crippen LogP contribution >= 0.6 is 0 Å². The first-order valence-corrected chi connectivity index (χ1v) is 7.60. The summed E-state index contributed by atoms with van der Waals surface area (Å²) in [6.07, 6.45) is 3.20. The molecule has 2 bridgehead atoms. The summed E-state index contributed by atoms with van der Waals surface area (Å²) in [6.45, 7) is 6.64. The molecule has 2 unspecified atom stereocenters.